The van der Waals surface area contributed by atoms with Gasteiger partial charge in [-0.2, -0.15) is 0 Å². The maximum atomic E-state index is 11.3. The predicted octanol–water partition coefficient (Wildman–Crippen LogP) is 6.66. The minimum atomic E-state index is -0.319. The first-order valence-electron chi connectivity index (χ1n) is 10.1. The molecule has 1 unspecified atom stereocenters. The number of hydrogen-bond acceptors (Lipinski definition) is 3. The molecule has 0 heterocycles. The number of halogens is 1. The van der Waals surface area contributed by atoms with Gasteiger partial charge in [0.25, 0.3) is 0 Å². The third-order valence-electron chi connectivity index (χ3n) is 4.66. The van der Waals surface area contributed by atoms with E-state index in [0.29, 0.717) is 6.61 Å². The van der Waals surface area contributed by atoms with Crippen LogP contribution >= 0.6 is 11.6 Å². The van der Waals surface area contributed by atoms with Crippen molar-refractivity contribution < 1.29 is 14.3 Å². The Morgan fingerprint density at radius 3 is 2.08 bits per heavy atom. The van der Waals surface area contributed by atoms with Crippen molar-refractivity contribution in [3.8, 4) is 5.75 Å². The Hall–Kier alpha value is -1.06. The normalized spacial score (nSPS) is 12.1. The average molecular weight is 383 g/mol. The summed E-state index contributed by atoms with van der Waals surface area (Å²) in [6, 6.07) is 7.80. The van der Waals surface area contributed by atoms with Gasteiger partial charge in [0, 0.05) is 6.42 Å². The van der Waals surface area contributed by atoms with Gasteiger partial charge >= 0.3 is 0 Å². The van der Waals surface area contributed by atoms with Crippen LogP contribution < -0.4 is 4.74 Å². The van der Waals surface area contributed by atoms with Crippen LogP contribution in [-0.4, -0.2) is 18.5 Å². The maximum absolute atomic E-state index is 11.3. The van der Waals surface area contributed by atoms with Gasteiger partial charge in [0.05, 0.1) is 19.8 Å². The molecular formula is C22H35ClO3. The molecule has 0 saturated carbocycles. The molecule has 0 aromatic heterocycles. The van der Waals surface area contributed by atoms with Gasteiger partial charge in [0.1, 0.15) is 5.75 Å². The highest BCUT2D eigenvalue weighted by Gasteiger charge is 2.13. The molecule has 1 rings (SSSR count). The summed E-state index contributed by atoms with van der Waals surface area (Å²) in [5.74, 6) is 0.830. The van der Waals surface area contributed by atoms with Crippen LogP contribution in [0, 0.1) is 0 Å². The van der Waals surface area contributed by atoms with Crippen molar-refractivity contribution in [3.63, 3.8) is 0 Å². The highest BCUT2D eigenvalue weighted by atomic mass is 35.5. The van der Waals surface area contributed by atoms with E-state index in [4.69, 9.17) is 21.1 Å². The Morgan fingerprint density at radius 1 is 0.962 bits per heavy atom. The van der Waals surface area contributed by atoms with Crippen molar-refractivity contribution in [1.29, 1.82) is 0 Å². The summed E-state index contributed by atoms with van der Waals surface area (Å²) in [7, 11) is 1.65. The summed E-state index contributed by atoms with van der Waals surface area (Å²) in [4.78, 5) is 11.3. The van der Waals surface area contributed by atoms with E-state index < -0.39 is 0 Å². The number of benzene rings is 1. The summed E-state index contributed by atoms with van der Waals surface area (Å²) in [6.07, 6.45) is 12.7. The molecule has 0 bridgehead atoms. The number of carbonyl (C=O) groups is 1. The lowest BCUT2D eigenvalue weighted by atomic mass is 10.0. The molecule has 0 radical (unpaired) electrons. The van der Waals surface area contributed by atoms with Crippen LogP contribution in [0.5, 0.6) is 5.75 Å². The molecule has 148 valence electrons. The Bertz CT molecular complexity index is 473. The van der Waals surface area contributed by atoms with E-state index in [1.54, 1.807) is 7.11 Å². The van der Waals surface area contributed by atoms with Crippen LogP contribution in [0.3, 0.4) is 0 Å². The number of rotatable bonds is 16. The first kappa shape index (κ1) is 23.0. The topological polar surface area (TPSA) is 35.5 Å². The van der Waals surface area contributed by atoms with Crippen molar-refractivity contribution in [2.24, 2.45) is 0 Å². The first-order valence-corrected chi connectivity index (χ1v) is 10.5. The summed E-state index contributed by atoms with van der Waals surface area (Å²) in [5, 5.41) is -0.319. The SMILES string of the molecule is CCCCCCCCCCCC(CC(=O)Cl)OCc1ccc(OC)cc1. The molecular weight excluding hydrogens is 348 g/mol. The van der Waals surface area contributed by atoms with Crippen LogP contribution in [0.2, 0.25) is 0 Å². The van der Waals surface area contributed by atoms with Crippen molar-refractivity contribution in [2.45, 2.75) is 90.3 Å². The van der Waals surface area contributed by atoms with Gasteiger partial charge in [-0.05, 0) is 35.7 Å². The lowest BCUT2D eigenvalue weighted by Gasteiger charge is -2.16. The minimum absolute atomic E-state index is 0.0911. The van der Waals surface area contributed by atoms with Crippen LogP contribution in [0.1, 0.15) is 83.1 Å². The van der Waals surface area contributed by atoms with Gasteiger partial charge in [-0.25, -0.2) is 0 Å². The molecule has 0 spiro atoms. The number of ether oxygens (including phenoxy) is 2. The van der Waals surface area contributed by atoms with E-state index in [-0.39, 0.29) is 17.8 Å². The van der Waals surface area contributed by atoms with Crippen molar-refractivity contribution in [1.82, 2.24) is 0 Å². The monoisotopic (exact) mass is 382 g/mol. The van der Waals surface area contributed by atoms with Crippen LogP contribution in [0.25, 0.3) is 0 Å². The first-order chi connectivity index (χ1) is 12.7. The third-order valence-corrected chi connectivity index (χ3v) is 4.82. The van der Waals surface area contributed by atoms with Crippen molar-refractivity contribution in [3.05, 3.63) is 29.8 Å². The Labute approximate surface area is 164 Å². The minimum Gasteiger partial charge on any atom is -0.497 e. The molecule has 0 amide bonds. The fraction of sp³-hybridized carbons (Fsp3) is 0.682. The fourth-order valence-electron chi connectivity index (χ4n) is 3.04. The smallest absolute Gasteiger partial charge is 0.224 e. The summed E-state index contributed by atoms with van der Waals surface area (Å²) >= 11 is 5.58. The molecule has 4 heteroatoms. The van der Waals surface area contributed by atoms with E-state index in [0.717, 1.165) is 24.2 Å². The van der Waals surface area contributed by atoms with Crippen molar-refractivity contribution in [2.75, 3.05) is 7.11 Å². The third kappa shape index (κ3) is 11.5. The Morgan fingerprint density at radius 2 is 1.54 bits per heavy atom. The average Bonchev–Trinajstić information content (AvgIpc) is 2.64. The van der Waals surface area contributed by atoms with Crippen molar-refractivity contribution >= 4 is 16.8 Å². The van der Waals surface area contributed by atoms with Gasteiger partial charge < -0.3 is 9.47 Å². The largest absolute Gasteiger partial charge is 0.497 e. The number of carbonyl (C=O) groups excluding carboxylic acids is 1. The van der Waals surface area contributed by atoms with Crippen LogP contribution in [0.15, 0.2) is 24.3 Å². The molecule has 0 fully saturated rings. The van der Waals surface area contributed by atoms with Gasteiger partial charge in [-0.15, -0.1) is 0 Å². The highest BCUT2D eigenvalue weighted by Crippen LogP contribution is 2.18. The summed E-state index contributed by atoms with van der Waals surface area (Å²) in [6.45, 7) is 2.75. The zero-order chi connectivity index (χ0) is 19.0. The van der Waals surface area contributed by atoms with E-state index >= 15 is 0 Å². The molecule has 1 atom stereocenters. The van der Waals surface area contributed by atoms with Gasteiger partial charge in [0.2, 0.25) is 5.24 Å². The quantitative estimate of drug-likeness (QED) is 0.237. The Balaban J connectivity index is 2.20. The standard InChI is InChI=1S/C22H35ClO3/c1-3-4-5-6-7-8-9-10-11-12-21(17-22(23)24)26-18-19-13-15-20(25-2)16-14-19/h13-16,21H,3-12,17-18H2,1-2H3. The maximum Gasteiger partial charge on any atom is 0.224 e. The van der Waals surface area contributed by atoms with Crippen LogP contribution in [0.4, 0.5) is 0 Å². The molecule has 0 N–H and O–H groups in total. The second kappa shape index (κ2) is 15.0. The predicted molar refractivity (Wildman–Crippen MR) is 109 cm³/mol. The van der Waals surface area contributed by atoms with Gasteiger partial charge in [-0.3, -0.25) is 4.79 Å². The van der Waals surface area contributed by atoms with Crippen LogP contribution in [-0.2, 0) is 16.1 Å². The highest BCUT2D eigenvalue weighted by molar-refractivity contribution is 6.63. The molecule has 0 aliphatic carbocycles. The van der Waals surface area contributed by atoms with Gasteiger partial charge in [0.15, 0.2) is 0 Å². The second-order valence-electron chi connectivity index (χ2n) is 6.96. The molecule has 0 saturated heterocycles. The van der Waals surface area contributed by atoms with E-state index in [9.17, 15) is 4.79 Å². The number of hydrogen-bond donors (Lipinski definition) is 0. The van der Waals surface area contributed by atoms with E-state index in [2.05, 4.69) is 6.92 Å². The van der Waals surface area contributed by atoms with Gasteiger partial charge in [-0.1, -0.05) is 76.8 Å². The Kier molecular flexibility index (Phi) is 13.3. The van der Waals surface area contributed by atoms with E-state index in [1.807, 2.05) is 24.3 Å². The molecule has 1 aromatic rings. The summed E-state index contributed by atoms with van der Waals surface area (Å²) in [5.41, 5.74) is 1.07. The second-order valence-corrected chi connectivity index (χ2v) is 7.38. The molecule has 0 aliphatic rings. The molecule has 3 nitrogen and oxygen atoms in total. The zero-order valence-corrected chi connectivity index (χ0v) is 17.2. The fourth-order valence-corrected chi connectivity index (χ4v) is 3.21. The number of unbranched alkanes of at least 4 members (excludes halogenated alkanes) is 8. The zero-order valence-electron chi connectivity index (χ0n) is 16.5. The molecule has 26 heavy (non-hydrogen) atoms. The molecule has 1 aromatic carbocycles. The lowest BCUT2D eigenvalue weighted by Crippen LogP contribution is -2.15. The number of methoxy groups -OCH3 is 1. The van der Waals surface area contributed by atoms with E-state index in [1.165, 1.54) is 51.4 Å². The lowest BCUT2D eigenvalue weighted by molar-refractivity contribution is -0.114. The summed E-state index contributed by atoms with van der Waals surface area (Å²) < 4.78 is 11.1. The molecule has 0 aliphatic heterocycles.